The van der Waals surface area contributed by atoms with Gasteiger partial charge >= 0.3 is 0 Å². The molecule has 0 aromatic heterocycles. The van der Waals surface area contributed by atoms with Crippen molar-refractivity contribution in [1.29, 1.82) is 0 Å². The highest BCUT2D eigenvalue weighted by atomic mass is 35.5. The molecule has 94 valence electrons. The number of aryl methyl sites for hydroxylation is 1. The number of nitrogens with one attached hydrogen (secondary N) is 1. The number of rotatable bonds is 5. The monoisotopic (exact) mass is 279 g/mol. The minimum absolute atomic E-state index is 0.630. The molecule has 2 rings (SSSR count). The lowest BCUT2D eigenvalue weighted by Gasteiger charge is -2.08. The molecule has 0 aliphatic heterocycles. The summed E-state index contributed by atoms with van der Waals surface area (Å²) in [5, 5.41) is 4.68. The molecular weight excluding hydrogens is 265 g/mol. The Balaban J connectivity index is 1.81. The van der Waals surface area contributed by atoms with Gasteiger partial charge in [-0.15, -0.1) is 0 Å². The highest BCUT2D eigenvalue weighted by Crippen LogP contribution is 2.26. The average Bonchev–Trinajstić information content (AvgIpc) is 2.40. The zero-order chi connectivity index (χ0) is 12.8. The molecule has 0 aliphatic carbocycles. The molecule has 0 radical (unpaired) electrons. The van der Waals surface area contributed by atoms with Crippen molar-refractivity contribution < 1.29 is 0 Å². The van der Waals surface area contributed by atoms with Gasteiger partial charge in [-0.1, -0.05) is 53.5 Å². The lowest BCUT2D eigenvalue weighted by Crippen LogP contribution is -2.02. The molecule has 0 saturated carbocycles. The van der Waals surface area contributed by atoms with E-state index in [4.69, 9.17) is 23.2 Å². The summed E-state index contributed by atoms with van der Waals surface area (Å²) in [5.41, 5.74) is 2.26. The fourth-order valence-electron chi connectivity index (χ4n) is 1.81. The first-order chi connectivity index (χ1) is 8.77. The van der Waals surface area contributed by atoms with E-state index in [0.717, 1.165) is 30.6 Å². The van der Waals surface area contributed by atoms with Gasteiger partial charge in [0, 0.05) is 12.2 Å². The molecule has 0 heterocycles. The molecule has 0 saturated heterocycles. The van der Waals surface area contributed by atoms with Crippen molar-refractivity contribution in [1.82, 2.24) is 0 Å². The van der Waals surface area contributed by atoms with Gasteiger partial charge in [-0.25, -0.2) is 0 Å². The summed E-state index contributed by atoms with van der Waals surface area (Å²) in [6.07, 6.45) is 1.95. The minimum atomic E-state index is 0.630. The van der Waals surface area contributed by atoms with E-state index in [1.807, 2.05) is 36.4 Å². The second-order valence-corrected chi connectivity index (χ2v) is 4.89. The maximum absolute atomic E-state index is 6.14. The summed E-state index contributed by atoms with van der Waals surface area (Å²) in [7, 11) is 0. The Morgan fingerprint density at radius 3 is 2.44 bits per heavy atom. The Bertz CT molecular complexity index is 497. The van der Waals surface area contributed by atoms with E-state index in [2.05, 4.69) is 17.4 Å². The molecule has 0 bridgehead atoms. The normalized spacial score (nSPS) is 10.3. The van der Waals surface area contributed by atoms with Crippen LogP contribution in [0.3, 0.4) is 0 Å². The molecule has 0 amide bonds. The van der Waals surface area contributed by atoms with Crippen molar-refractivity contribution in [2.45, 2.75) is 12.8 Å². The number of para-hydroxylation sites is 1. The van der Waals surface area contributed by atoms with Crippen molar-refractivity contribution in [3.05, 3.63) is 64.1 Å². The molecule has 1 N–H and O–H groups in total. The van der Waals surface area contributed by atoms with Crippen molar-refractivity contribution >= 4 is 28.9 Å². The molecule has 1 nitrogen and oxygen atoms in total. The molecule has 0 atom stereocenters. The Kier molecular flexibility index (Phi) is 4.91. The largest absolute Gasteiger partial charge is 0.385 e. The van der Waals surface area contributed by atoms with Crippen LogP contribution in [-0.4, -0.2) is 6.54 Å². The van der Waals surface area contributed by atoms with Crippen LogP contribution in [0.5, 0.6) is 0 Å². The van der Waals surface area contributed by atoms with E-state index < -0.39 is 0 Å². The van der Waals surface area contributed by atoms with Gasteiger partial charge in [0.15, 0.2) is 0 Å². The van der Waals surface area contributed by atoms with Crippen molar-refractivity contribution in [2.24, 2.45) is 0 Å². The van der Waals surface area contributed by atoms with Gasteiger partial charge in [0.2, 0.25) is 0 Å². The summed E-state index contributed by atoms with van der Waals surface area (Å²) >= 11 is 12.1. The zero-order valence-electron chi connectivity index (χ0n) is 10.00. The Labute approximate surface area is 118 Å². The predicted molar refractivity (Wildman–Crippen MR) is 79.7 cm³/mol. The number of anilines is 1. The Hall–Kier alpha value is -1.18. The van der Waals surface area contributed by atoms with Crippen molar-refractivity contribution in [3.8, 4) is 0 Å². The topological polar surface area (TPSA) is 12.0 Å². The van der Waals surface area contributed by atoms with E-state index in [-0.39, 0.29) is 0 Å². The van der Waals surface area contributed by atoms with E-state index in [1.54, 1.807) is 0 Å². The van der Waals surface area contributed by atoms with E-state index in [1.165, 1.54) is 0 Å². The highest BCUT2D eigenvalue weighted by Gasteiger charge is 2.03. The van der Waals surface area contributed by atoms with Gasteiger partial charge in [0.05, 0.1) is 10.0 Å². The van der Waals surface area contributed by atoms with Crippen molar-refractivity contribution in [2.75, 3.05) is 11.9 Å². The zero-order valence-corrected chi connectivity index (χ0v) is 11.5. The maximum atomic E-state index is 6.14. The molecule has 0 unspecified atom stereocenters. The number of benzene rings is 2. The van der Waals surface area contributed by atoms with Crippen LogP contribution >= 0.6 is 23.2 Å². The Morgan fingerprint density at radius 1 is 0.889 bits per heavy atom. The van der Waals surface area contributed by atoms with Gasteiger partial charge in [0.1, 0.15) is 0 Å². The van der Waals surface area contributed by atoms with Crippen LogP contribution in [0.15, 0.2) is 48.5 Å². The van der Waals surface area contributed by atoms with Crippen LogP contribution in [0.2, 0.25) is 10.0 Å². The average molecular weight is 280 g/mol. The highest BCUT2D eigenvalue weighted by molar-refractivity contribution is 6.42. The molecule has 0 spiro atoms. The van der Waals surface area contributed by atoms with Gasteiger partial charge in [0.25, 0.3) is 0 Å². The summed E-state index contributed by atoms with van der Waals surface area (Å²) in [6.45, 7) is 0.923. The number of hydrogen-bond donors (Lipinski definition) is 1. The fourth-order valence-corrected chi connectivity index (χ4v) is 2.22. The molecular formula is C15H15Cl2N. The van der Waals surface area contributed by atoms with Crippen LogP contribution in [-0.2, 0) is 6.42 Å². The summed E-state index contributed by atoms with van der Waals surface area (Å²) in [4.78, 5) is 0. The van der Waals surface area contributed by atoms with Crippen LogP contribution in [0, 0.1) is 0 Å². The van der Waals surface area contributed by atoms with Gasteiger partial charge in [-0.2, -0.15) is 0 Å². The van der Waals surface area contributed by atoms with Gasteiger partial charge in [-0.3, -0.25) is 0 Å². The summed E-state index contributed by atoms with van der Waals surface area (Å²) in [6, 6.07) is 16.0. The molecule has 0 aliphatic rings. The fraction of sp³-hybridized carbons (Fsp3) is 0.200. The third-order valence-electron chi connectivity index (χ3n) is 2.76. The molecule has 3 heteroatoms. The first kappa shape index (κ1) is 13.3. The third kappa shape index (κ3) is 3.66. The lowest BCUT2D eigenvalue weighted by molar-refractivity contribution is 0.863. The number of halogens is 2. The smallest absolute Gasteiger partial charge is 0.0624 e. The Morgan fingerprint density at radius 2 is 1.67 bits per heavy atom. The van der Waals surface area contributed by atoms with Gasteiger partial charge < -0.3 is 5.32 Å². The molecule has 18 heavy (non-hydrogen) atoms. The predicted octanol–water partition coefficient (Wildman–Crippen LogP) is 5.04. The van der Waals surface area contributed by atoms with Crippen LogP contribution in [0.4, 0.5) is 5.69 Å². The molecule has 0 fully saturated rings. The van der Waals surface area contributed by atoms with E-state index in [9.17, 15) is 0 Å². The van der Waals surface area contributed by atoms with E-state index in [0.29, 0.717) is 10.0 Å². The van der Waals surface area contributed by atoms with Crippen molar-refractivity contribution in [3.63, 3.8) is 0 Å². The van der Waals surface area contributed by atoms with Gasteiger partial charge in [-0.05, 0) is 36.6 Å². The summed E-state index contributed by atoms with van der Waals surface area (Å²) in [5.74, 6) is 0. The standard InChI is InChI=1S/C15H15Cl2N/c16-14-10-4-6-12(15(14)17)7-5-11-18-13-8-2-1-3-9-13/h1-4,6,8-10,18H,5,7,11H2. The molecule has 2 aromatic carbocycles. The SMILES string of the molecule is Clc1cccc(CCCNc2ccccc2)c1Cl. The summed E-state index contributed by atoms with van der Waals surface area (Å²) < 4.78 is 0. The first-order valence-electron chi connectivity index (χ1n) is 5.99. The number of hydrogen-bond acceptors (Lipinski definition) is 1. The van der Waals surface area contributed by atoms with Crippen LogP contribution < -0.4 is 5.32 Å². The maximum Gasteiger partial charge on any atom is 0.0624 e. The van der Waals surface area contributed by atoms with Crippen LogP contribution in [0.25, 0.3) is 0 Å². The second-order valence-electron chi connectivity index (χ2n) is 4.11. The van der Waals surface area contributed by atoms with E-state index >= 15 is 0 Å². The minimum Gasteiger partial charge on any atom is -0.385 e. The quantitative estimate of drug-likeness (QED) is 0.757. The lowest BCUT2D eigenvalue weighted by atomic mass is 10.1. The second kappa shape index (κ2) is 6.67. The third-order valence-corrected chi connectivity index (χ3v) is 3.62. The first-order valence-corrected chi connectivity index (χ1v) is 6.75. The van der Waals surface area contributed by atoms with Crippen LogP contribution in [0.1, 0.15) is 12.0 Å². The molecule has 2 aromatic rings.